The lowest BCUT2D eigenvalue weighted by atomic mass is 10.1. The van der Waals surface area contributed by atoms with Gasteiger partial charge in [-0.15, -0.1) is 0 Å². The minimum Gasteiger partial charge on any atom is -0.492 e. The van der Waals surface area contributed by atoms with Crippen LogP contribution in [0.25, 0.3) is 6.08 Å². The quantitative estimate of drug-likeness (QED) is 0.510. The van der Waals surface area contributed by atoms with E-state index in [4.69, 9.17) is 4.74 Å². The maximum absolute atomic E-state index is 12.5. The van der Waals surface area contributed by atoms with Crippen molar-refractivity contribution in [1.29, 1.82) is 5.26 Å². The summed E-state index contributed by atoms with van der Waals surface area (Å²) in [5.74, 6) is 0.311. The van der Waals surface area contributed by atoms with Crippen LogP contribution in [0.5, 0.6) is 5.75 Å². The Labute approximate surface area is 162 Å². The van der Waals surface area contributed by atoms with Crippen LogP contribution in [-0.4, -0.2) is 12.5 Å². The molecular formula is C21H21BrN2O2. The minimum absolute atomic E-state index is 0.0417. The van der Waals surface area contributed by atoms with Crippen LogP contribution in [-0.2, 0) is 4.79 Å². The van der Waals surface area contributed by atoms with Crippen LogP contribution >= 0.6 is 15.9 Å². The number of amides is 1. The minimum atomic E-state index is -0.427. The van der Waals surface area contributed by atoms with E-state index >= 15 is 0 Å². The van der Waals surface area contributed by atoms with Crippen molar-refractivity contribution in [1.82, 2.24) is 0 Å². The summed E-state index contributed by atoms with van der Waals surface area (Å²) in [5, 5.41) is 12.2. The highest BCUT2D eigenvalue weighted by Crippen LogP contribution is 2.27. The summed E-state index contributed by atoms with van der Waals surface area (Å²) < 4.78 is 6.40. The highest BCUT2D eigenvalue weighted by atomic mass is 79.9. The summed E-state index contributed by atoms with van der Waals surface area (Å²) in [5.41, 5.74) is 3.48. The number of benzene rings is 2. The Kier molecular flexibility index (Phi) is 6.99. The summed E-state index contributed by atoms with van der Waals surface area (Å²) in [6.07, 6.45) is 2.49. The van der Waals surface area contributed by atoms with Crippen molar-refractivity contribution in [3.63, 3.8) is 0 Å². The summed E-state index contributed by atoms with van der Waals surface area (Å²) >= 11 is 3.46. The second-order valence-electron chi connectivity index (χ2n) is 5.98. The molecule has 0 radical (unpaired) electrons. The summed E-state index contributed by atoms with van der Waals surface area (Å²) in [7, 11) is 0. The van der Waals surface area contributed by atoms with Crippen molar-refractivity contribution < 1.29 is 9.53 Å². The Hall–Kier alpha value is -2.58. The van der Waals surface area contributed by atoms with Gasteiger partial charge in [0.15, 0.2) is 0 Å². The molecule has 1 N–H and O–H groups in total. The smallest absolute Gasteiger partial charge is 0.266 e. The fraction of sp³-hybridized carbons (Fsp3) is 0.238. The van der Waals surface area contributed by atoms with Gasteiger partial charge in [-0.25, -0.2) is 0 Å². The van der Waals surface area contributed by atoms with Gasteiger partial charge in [0, 0.05) is 5.69 Å². The van der Waals surface area contributed by atoms with Gasteiger partial charge in [0.2, 0.25) is 0 Å². The topological polar surface area (TPSA) is 62.1 Å². The molecule has 1 amide bonds. The highest BCUT2D eigenvalue weighted by molar-refractivity contribution is 9.10. The van der Waals surface area contributed by atoms with Crippen molar-refractivity contribution in [2.24, 2.45) is 0 Å². The van der Waals surface area contributed by atoms with E-state index in [0.717, 1.165) is 33.3 Å². The van der Waals surface area contributed by atoms with Gasteiger partial charge in [-0.05, 0) is 77.2 Å². The number of carbonyl (C=O) groups excluding carboxylic acids is 1. The average molecular weight is 413 g/mol. The fourth-order valence-corrected chi connectivity index (χ4v) is 2.82. The van der Waals surface area contributed by atoms with E-state index in [-0.39, 0.29) is 5.57 Å². The number of anilines is 1. The first-order valence-electron chi connectivity index (χ1n) is 8.37. The molecule has 0 aliphatic rings. The number of nitrogens with zero attached hydrogens (tertiary/aromatic N) is 1. The van der Waals surface area contributed by atoms with E-state index in [0.29, 0.717) is 12.3 Å². The van der Waals surface area contributed by atoms with Crippen LogP contribution in [0.2, 0.25) is 0 Å². The number of ether oxygens (including phenoxy) is 1. The maximum Gasteiger partial charge on any atom is 0.266 e. The van der Waals surface area contributed by atoms with Crippen LogP contribution < -0.4 is 10.1 Å². The van der Waals surface area contributed by atoms with Gasteiger partial charge in [0.25, 0.3) is 5.91 Å². The Morgan fingerprint density at radius 3 is 2.69 bits per heavy atom. The number of rotatable bonds is 6. The zero-order valence-electron chi connectivity index (χ0n) is 15.1. The van der Waals surface area contributed by atoms with Gasteiger partial charge in [0.05, 0.1) is 11.1 Å². The summed E-state index contributed by atoms with van der Waals surface area (Å²) in [6.45, 7) is 6.54. The molecule has 0 aliphatic carbocycles. The average Bonchev–Trinajstić information content (AvgIpc) is 2.62. The zero-order chi connectivity index (χ0) is 19.1. The van der Waals surface area contributed by atoms with E-state index < -0.39 is 5.91 Å². The van der Waals surface area contributed by atoms with E-state index in [9.17, 15) is 10.1 Å². The normalized spacial score (nSPS) is 11.0. The molecule has 0 saturated heterocycles. The van der Waals surface area contributed by atoms with Crippen molar-refractivity contribution in [3.8, 4) is 11.8 Å². The molecule has 5 heteroatoms. The van der Waals surface area contributed by atoms with E-state index in [1.165, 1.54) is 0 Å². The third-order valence-corrected chi connectivity index (χ3v) is 4.35. The number of carbonyl (C=O) groups is 1. The predicted molar refractivity (Wildman–Crippen MR) is 108 cm³/mol. The van der Waals surface area contributed by atoms with Gasteiger partial charge in [-0.3, -0.25) is 4.79 Å². The number of aryl methyl sites for hydroxylation is 2. The monoisotopic (exact) mass is 412 g/mol. The predicted octanol–water partition coefficient (Wildman–Crippen LogP) is 5.40. The molecule has 0 aliphatic heterocycles. The number of nitriles is 1. The lowest BCUT2D eigenvalue weighted by molar-refractivity contribution is -0.112. The van der Waals surface area contributed by atoms with Gasteiger partial charge in [0.1, 0.15) is 17.4 Å². The van der Waals surface area contributed by atoms with Gasteiger partial charge >= 0.3 is 0 Å². The Morgan fingerprint density at radius 2 is 2.04 bits per heavy atom. The first-order chi connectivity index (χ1) is 12.4. The van der Waals surface area contributed by atoms with Crippen molar-refractivity contribution in [2.75, 3.05) is 11.9 Å². The van der Waals surface area contributed by atoms with Crippen LogP contribution in [0.3, 0.4) is 0 Å². The van der Waals surface area contributed by atoms with Crippen LogP contribution in [0.4, 0.5) is 5.69 Å². The molecule has 0 aromatic heterocycles. The zero-order valence-corrected chi connectivity index (χ0v) is 16.7. The Bertz CT molecular complexity index is 882. The van der Waals surface area contributed by atoms with E-state index in [2.05, 4.69) is 21.2 Å². The molecule has 0 heterocycles. The van der Waals surface area contributed by atoms with Crippen molar-refractivity contribution in [2.45, 2.75) is 27.2 Å². The molecule has 4 nitrogen and oxygen atoms in total. The third-order valence-electron chi connectivity index (χ3n) is 3.73. The second-order valence-corrected chi connectivity index (χ2v) is 6.83. The number of nitrogens with one attached hydrogen (secondary N) is 1. The Balaban J connectivity index is 2.21. The largest absolute Gasteiger partial charge is 0.492 e. The molecule has 0 atom stereocenters. The highest BCUT2D eigenvalue weighted by Gasteiger charge is 2.12. The maximum atomic E-state index is 12.5. The van der Waals surface area contributed by atoms with E-state index in [1.54, 1.807) is 6.08 Å². The molecule has 2 aromatic rings. The molecule has 2 rings (SSSR count). The lowest BCUT2D eigenvalue weighted by Gasteiger charge is -2.09. The van der Waals surface area contributed by atoms with E-state index in [1.807, 2.05) is 63.2 Å². The summed E-state index contributed by atoms with van der Waals surface area (Å²) in [6, 6.07) is 13.2. The van der Waals surface area contributed by atoms with Crippen LogP contribution in [0, 0.1) is 25.2 Å². The molecule has 0 fully saturated rings. The number of hydrogen-bond donors (Lipinski definition) is 1. The number of halogens is 1. The first kappa shape index (κ1) is 19.7. The van der Waals surface area contributed by atoms with Crippen molar-refractivity contribution in [3.05, 3.63) is 63.1 Å². The molecule has 2 aromatic carbocycles. The molecule has 0 bridgehead atoms. The number of hydrogen-bond acceptors (Lipinski definition) is 3. The first-order valence-corrected chi connectivity index (χ1v) is 9.16. The standard InChI is InChI=1S/C21H21BrN2O2/c1-4-9-26-20-8-7-16(12-18(20)22)11-17(13-23)21(25)24-19-10-14(2)5-6-15(19)3/h5-8,10-12H,4,9H2,1-3H3,(H,24,25)/b17-11+. The van der Waals surface area contributed by atoms with Gasteiger partial charge in [-0.2, -0.15) is 5.26 Å². The van der Waals surface area contributed by atoms with Gasteiger partial charge < -0.3 is 10.1 Å². The fourth-order valence-electron chi connectivity index (χ4n) is 2.31. The molecule has 26 heavy (non-hydrogen) atoms. The molecule has 134 valence electrons. The second kappa shape index (κ2) is 9.21. The third kappa shape index (κ3) is 5.21. The summed E-state index contributed by atoms with van der Waals surface area (Å²) in [4.78, 5) is 12.5. The van der Waals surface area contributed by atoms with Crippen LogP contribution in [0.15, 0.2) is 46.4 Å². The molecule has 0 saturated carbocycles. The Morgan fingerprint density at radius 1 is 1.27 bits per heavy atom. The molecule has 0 spiro atoms. The molecule has 0 unspecified atom stereocenters. The van der Waals surface area contributed by atoms with Crippen molar-refractivity contribution >= 4 is 33.6 Å². The molecular weight excluding hydrogens is 392 g/mol. The lowest BCUT2D eigenvalue weighted by Crippen LogP contribution is -2.14. The van der Waals surface area contributed by atoms with Crippen LogP contribution in [0.1, 0.15) is 30.0 Å². The van der Waals surface area contributed by atoms with Gasteiger partial charge in [-0.1, -0.05) is 25.1 Å². The SMILES string of the molecule is CCCOc1ccc(/C=C(\C#N)C(=O)Nc2cc(C)ccc2C)cc1Br.